The SMILES string of the molecule is CSc1nc(C2CC2)nc(C)c1C(=O)N[C@H](C)c1nc(C)cs1. The van der Waals surface area contributed by atoms with Crippen molar-refractivity contribution in [2.45, 2.75) is 50.6 Å². The van der Waals surface area contributed by atoms with E-state index < -0.39 is 0 Å². The number of hydrogen-bond donors (Lipinski definition) is 1. The van der Waals surface area contributed by atoms with Crippen LogP contribution in [0.1, 0.15) is 64.3 Å². The average Bonchev–Trinajstić information content (AvgIpc) is 3.27. The van der Waals surface area contributed by atoms with Gasteiger partial charge in [-0.25, -0.2) is 15.0 Å². The van der Waals surface area contributed by atoms with Gasteiger partial charge in [0, 0.05) is 17.0 Å². The van der Waals surface area contributed by atoms with Gasteiger partial charge in [0.15, 0.2) is 0 Å². The quantitative estimate of drug-likeness (QED) is 0.660. The van der Waals surface area contributed by atoms with Crippen molar-refractivity contribution in [3.63, 3.8) is 0 Å². The third-order valence-corrected chi connectivity index (χ3v) is 5.62. The molecule has 2 heterocycles. The van der Waals surface area contributed by atoms with Crippen molar-refractivity contribution < 1.29 is 4.79 Å². The standard InChI is InChI=1S/C16H20N4OS2/c1-8-7-23-15(17-8)10(3)19-14(21)12-9(2)18-13(11-5-6-11)20-16(12)22-4/h7,10-11H,5-6H2,1-4H3,(H,19,21)/t10-/m1/s1. The molecule has 0 spiro atoms. The Hall–Kier alpha value is -1.47. The van der Waals surface area contributed by atoms with E-state index >= 15 is 0 Å². The lowest BCUT2D eigenvalue weighted by Crippen LogP contribution is -2.28. The molecular formula is C16H20N4OS2. The van der Waals surface area contributed by atoms with Crippen LogP contribution >= 0.6 is 23.1 Å². The zero-order valence-corrected chi connectivity index (χ0v) is 15.3. The van der Waals surface area contributed by atoms with Gasteiger partial charge >= 0.3 is 0 Å². The number of aryl methyl sites for hydroxylation is 2. The Morgan fingerprint density at radius 3 is 2.65 bits per heavy atom. The van der Waals surface area contributed by atoms with Gasteiger partial charge in [0.2, 0.25) is 0 Å². The molecule has 1 aliphatic carbocycles. The Bertz CT molecular complexity index is 740. The van der Waals surface area contributed by atoms with Crippen molar-refractivity contribution in [2.24, 2.45) is 0 Å². The zero-order valence-electron chi connectivity index (χ0n) is 13.7. The van der Waals surface area contributed by atoms with Gasteiger partial charge in [-0.05, 0) is 39.9 Å². The summed E-state index contributed by atoms with van der Waals surface area (Å²) < 4.78 is 0. The van der Waals surface area contributed by atoms with Crippen LogP contribution in [0.2, 0.25) is 0 Å². The number of thioether (sulfide) groups is 1. The highest BCUT2D eigenvalue weighted by atomic mass is 32.2. The van der Waals surface area contributed by atoms with Crippen LogP contribution in [-0.2, 0) is 0 Å². The monoisotopic (exact) mass is 348 g/mol. The fourth-order valence-corrected chi connectivity index (χ4v) is 3.84. The minimum atomic E-state index is -0.130. The van der Waals surface area contributed by atoms with Gasteiger partial charge in [-0.3, -0.25) is 4.79 Å². The summed E-state index contributed by atoms with van der Waals surface area (Å²) in [4.78, 5) is 26.3. The number of aromatic nitrogens is 3. The van der Waals surface area contributed by atoms with Crippen LogP contribution in [0.25, 0.3) is 0 Å². The molecule has 1 amide bonds. The first-order valence-corrected chi connectivity index (χ1v) is 9.75. The molecule has 122 valence electrons. The number of carbonyl (C=O) groups excluding carboxylic acids is 1. The summed E-state index contributed by atoms with van der Waals surface area (Å²) in [5, 5.41) is 6.69. The number of nitrogens with one attached hydrogen (secondary N) is 1. The van der Waals surface area contributed by atoms with Gasteiger partial charge in [0.1, 0.15) is 15.9 Å². The molecule has 2 aromatic heterocycles. The fraction of sp³-hybridized carbons (Fsp3) is 0.500. The number of rotatable bonds is 5. The molecule has 0 unspecified atom stereocenters. The molecule has 0 radical (unpaired) electrons. The number of hydrogen-bond acceptors (Lipinski definition) is 6. The summed E-state index contributed by atoms with van der Waals surface area (Å²) >= 11 is 3.06. The molecular weight excluding hydrogens is 328 g/mol. The predicted molar refractivity (Wildman–Crippen MR) is 93.3 cm³/mol. The Labute approximate surface area is 144 Å². The van der Waals surface area contributed by atoms with Crippen LogP contribution in [-0.4, -0.2) is 27.1 Å². The lowest BCUT2D eigenvalue weighted by atomic mass is 10.2. The van der Waals surface area contributed by atoms with Gasteiger partial charge in [0.05, 0.1) is 17.3 Å². The van der Waals surface area contributed by atoms with E-state index in [1.54, 1.807) is 11.3 Å². The van der Waals surface area contributed by atoms with Crippen LogP contribution in [0.5, 0.6) is 0 Å². The lowest BCUT2D eigenvalue weighted by Gasteiger charge is -2.15. The molecule has 1 saturated carbocycles. The topological polar surface area (TPSA) is 67.8 Å². The number of amides is 1. The van der Waals surface area contributed by atoms with E-state index in [-0.39, 0.29) is 11.9 Å². The lowest BCUT2D eigenvalue weighted by molar-refractivity contribution is 0.0934. The molecule has 1 atom stereocenters. The summed E-state index contributed by atoms with van der Waals surface area (Å²) in [5.41, 5.74) is 2.32. The maximum Gasteiger partial charge on any atom is 0.256 e. The number of thiazole rings is 1. The minimum absolute atomic E-state index is 0.126. The van der Waals surface area contributed by atoms with Crippen molar-refractivity contribution in [1.82, 2.24) is 20.3 Å². The van der Waals surface area contributed by atoms with Gasteiger partial charge in [0.25, 0.3) is 5.91 Å². The molecule has 1 N–H and O–H groups in total. The third-order valence-electron chi connectivity index (χ3n) is 3.79. The first-order valence-electron chi connectivity index (χ1n) is 7.65. The molecule has 0 bridgehead atoms. The maximum absolute atomic E-state index is 12.7. The van der Waals surface area contributed by atoms with Gasteiger partial charge in [-0.2, -0.15) is 0 Å². The van der Waals surface area contributed by atoms with Gasteiger partial charge in [-0.1, -0.05) is 0 Å². The zero-order chi connectivity index (χ0) is 16.6. The average molecular weight is 348 g/mol. The summed E-state index contributed by atoms with van der Waals surface area (Å²) in [5.74, 6) is 1.23. The van der Waals surface area contributed by atoms with E-state index in [2.05, 4.69) is 20.3 Å². The molecule has 23 heavy (non-hydrogen) atoms. The Kier molecular flexibility index (Phi) is 4.68. The van der Waals surface area contributed by atoms with Crippen molar-refractivity contribution in [3.05, 3.63) is 33.2 Å². The Balaban J connectivity index is 1.83. The van der Waals surface area contributed by atoms with Gasteiger partial charge in [-0.15, -0.1) is 23.1 Å². The molecule has 3 rings (SSSR count). The van der Waals surface area contributed by atoms with E-state index in [4.69, 9.17) is 0 Å². The molecule has 1 fully saturated rings. The summed E-state index contributed by atoms with van der Waals surface area (Å²) in [6.07, 6.45) is 4.25. The molecule has 7 heteroatoms. The number of carbonyl (C=O) groups is 1. The number of nitrogens with zero attached hydrogens (tertiary/aromatic N) is 3. The second-order valence-corrected chi connectivity index (χ2v) is 7.53. The van der Waals surface area contributed by atoms with Crippen LogP contribution < -0.4 is 5.32 Å². The van der Waals surface area contributed by atoms with Crippen LogP contribution in [0.3, 0.4) is 0 Å². The summed E-state index contributed by atoms with van der Waals surface area (Å²) in [6.45, 7) is 5.79. The van der Waals surface area contributed by atoms with Crippen LogP contribution in [0, 0.1) is 13.8 Å². The normalized spacial score (nSPS) is 15.5. The minimum Gasteiger partial charge on any atom is -0.343 e. The highest BCUT2D eigenvalue weighted by Gasteiger charge is 2.29. The first kappa shape index (κ1) is 16.4. The Morgan fingerprint density at radius 1 is 1.35 bits per heavy atom. The fourth-order valence-electron chi connectivity index (χ4n) is 2.40. The largest absolute Gasteiger partial charge is 0.343 e. The van der Waals surface area contributed by atoms with E-state index in [1.165, 1.54) is 11.8 Å². The molecule has 0 saturated heterocycles. The van der Waals surface area contributed by atoms with E-state index in [9.17, 15) is 4.79 Å². The van der Waals surface area contributed by atoms with Crippen LogP contribution in [0.15, 0.2) is 10.4 Å². The highest BCUT2D eigenvalue weighted by Crippen LogP contribution is 2.39. The van der Waals surface area contributed by atoms with Crippen molar-refractivity contribution in [2.75, 3.05) is 6.26 Å². The van der Waals surface area contributed by atoms with Crippen molar-refractivity contribution in [1.29, 1.82) is 0 Å². The van der Waals surface area contributed by atoms with E-state index in [0.717, 1.165) is 40.1 Å². The first-order chi connectivity index (χ1) is 11.0. The molecule has 5 nitrogen and oxygen atoms in total. The smallest absolute Gasteiger partial charge is 0.256 e. The second-order valence-electron chi connectivity index (χ2n) is 5.85. The Morgan fingerprint density at radius 2 is 2.09 bits per heavy atom. The predicted octanol–water partition coefficient (Wildman–Crippen LogP) is 3.64. The van der Waals surface area contributed by atoms with E-state index in [0.29, 0.717) is 11.5 Å². The summed E-state index contributed by atoms with van der Waals surface area (Å²) in [6, 6.07) is -0.126. The maximum atomic E-state index is 12.7. The third kappa shape index (κ3) is 3.55. The molecule has 1 aliphatic rings. The van der Waals surface area contributed by atoms with Crippen molar-refractivity contribution >= 4 is 29.0 Å². The van der Waals surface area contributed by atoms with Gasteiger partial charge < -0.3 is 5.32 Å². The summed E-state index contributed by atoms with van der Waals surface area (Å²) in [7, 11) is 0. The van der Waals surface area contributed by atoms with Crippen molar-refractivity contribution in [3.8, 4) is 0 Å². The van der Waals surface area contributed by atoms with Crippen LogP contribution in [0.4, 0.5) is 0 Å². The van der Waals surface area contributed by atoms with E-state index in [1.807, 2.05) is 32.4 Å². The molecule has 2 aromatic rings. The second kappa shape index (κ2) is 6.57. The molecule has 0 aromatic carbocycles. The molecule has 0 aliphatic heterocycles. The highest BCUT2D eigenvalue weighted by molar-refractivity contribution is 7.98.